The number of aryl methyl sites for hydroxylation is 1. The molecule has 1 N–H and O–H groups in total. The van der Waals surface area contributed by atoms with Crippen molar-refractivity contribution in [1.29, 1.82) is 0 Å². The normalized spacial score (nSPS) is 13.6. The van der Waals surface area contributed by atoms with Gasteiger partial charge in [0.25, 0.3) is 5.91 Å². The zero-order valence-corrected chi connectivity index (χ0v) is 13.3. The summed E-state index contributed by atoms with van der Waals surface area (Å²) >= 11 is 1.46. The van der Waals surface area contributed by atoms with Crippen molar-refractivity contribution in [3.8, 4) is 0 Å². The number of fused-ring (bicyclic) bond motifs is 1. The molecule has 0 radical (unpaired) electrons. The maximum Gasteiger partial charge on any atom is 0.268 e. The molecule has 1 aromatic heterocycles. The minimum absolute atomic E-state index is 0.0214. The Morgan fingerprint density at radius 3 is 2.91 bits per heavy atom. The first-order valence-corrected chi connectivity index (χ1v) is 8.35. The third kappa shape index (κ3) is 2.90. The zero-order chi connectivity index (χ0) is 15.5. The summed E-state index contributed by atoms with van der Waals surface area (Å²) in [5, 5.41) is 4.77. The van der Waals surface area contributed by atoms with Crippen LogP contribution in [-0.2, 0) is 11.2 Å². The summed E-state index contributed by atoms with van der Waals surface area (Å²) in [6, 6.07) is 9.57. The number of hydrogen-bond acceptors (Lipinski definition) is 3. The number of benzene rings is 1. The Bertz CT molecular complexity index is 695. The van der Waals surface area contributed by atoms with Crippen molar-refractivity contribution >= 4 is 34.5 Å². The predicted octanol–water partition coefficient (Wildman–Crippen LogP) is 3.69. The SMILES string of the molecule is CCC(=O)Nc1ccc2c(c1)N(C(=O)c1cccs1)CCC2. The van der Waals surface area contributed by atoms with E-state index in [1.807, 2.05) is 47.5 Å². The molecule has 1 aliphatic rings. The van der Waals surface area contributed by atoms with Crippen LogP contribution in [0.3, 0.4) is 0 Å². The summed E-state index contributed by atoms with van der Waals surface area (Å²) in [7, 11) is 0. The summed E-state index contributed by atoms with van der Waals surface area (Å²) in [6.07, 6.45) is 2.37. The van der Waals surface area contributed by atoms with Gasteiger partial charge in [0.2, 0.25) is 5.91 Å². The van der Waals surface area contributed by atoms with Gasteiger partial charge in [0.05, 0.1) is 4.88 Å². The molecular formula is C17H18N2O2S. The van der Waals surface area contributed by atoms with E-state index in [4.69, 9.17) is 0 Å². The minimum Gasteiger partial charge on any atom is -0.326 e. The van der Waals surface area contributed by atoms with E-state index in [0.717, 1.165) is 41.2 Å². The second-order valence-electron chi connectivity index (χ2n) is 5.28. The Morgan fingerprint density at radius 1 is 1.32 bits per heavy atom. The molecule has 5 heteroatoms. The van der Waals surface area contributed by atoms with E-state index in [1.165, 1.54) is 11.3 Å². The maximum absolute atomic E-state index is 12.7. The number of rotatable bonds is 3. The molecule has 0 aliphatic carbocycles. The summed E-state index contributed by atoms with van der Waals surface area (Å²) < 4.78 is 0. The highest BCUT2D eigenvalue weighted by Crippen LogP contribution is 2.31. The Morgan fingerprint density at radius 2 is 2.18 bits per heavy atom. The first kappa shape index (κ1) is 14.8. The number of nitrogens with zero attached hydrogens (tertiary/aromatic N) is 1. The number of hydrogen-bond donors (Lipinski definition) is 1. The van der Waals surface area contributed by atoms with Crippen LogP contribution in [0.1, 0.15) is 35.0 Å². The molecule has 0 saturated carbocycles. The number of carbonyl (C=O) groups is 2. The van der Waals surface area contributed by atoms with E-state index in [2.05, 4.69) is 5.32 Å². The molecule has 2 amide bonds. The summed E-state index contributed by atoms with van der Waals surface area (Å²) in [5.74, 6) is 0.0156. The Balaban J connectivity index is 1.92. The molecule has 0 saturated heterocycles. The van der Waals surface area contributed by atoms with Crippen LogP contribution in [0.25, 0.3) is 0 Å². The smallest absolute Gasteiger partial charge is 0.268 e. The van der Waals surface area contributed by atoms with Gasteiger partial charge in [-0.25, -0.2) is 0 Å². The third-order valence-electron chi connectivity index (χ3n) is 3.79. The average molecular weight is 314 g/mol. The lowest BCUT2D eigenvalue weighted by Crippen LogP contribution is -2.35. The van der Waals surface area contributed by atoms with Gasteiger partial charge in [-0.15, -0.1) is 11.3 Å². The van der Waals surface area contributed by atoms with Crippen molar-refractivity contribution in [3.05, 3.63) is 46.2 Å². The Labute approximate surface area is 133 Å². The molecule has 0 bridgehead atoms. The molecule has 22 heavy (non-hydrogen) atoms. The minimum atomic E-state index is -0.0214. The van der Waals surface area contributed by atoms with Crippen molar-refractivity contribution < 1.29 is 9.59 Å². The summed E-state index contributed by atoms with van der Waals surface area (Å²) in [4.78, 5) is 26.8. The number of amides is 2. The zero-order valence-electron chi connectivity index (χ0n) is 12.5. The first-order chi connectivity index (χ1) is 10.7. The predicted molar refractivity (Wildman–Crippen MR) is 89.7 cm³/mol. The van der Waals surface area contributed by atoms with Crippen LogP contribution >= 0.6 is 11.3 Å². The van der Waals surface area contributed by atoms with Crippen LogP contribution in [0.5, 0.6) is 0 Å². The fraction of sp³-hybridized carbons (Fsp3) is 0.294. The summed E-state index contributed by atoms with van der Waals surface area (Å²) in [5.41, 5.74) is 2.82. The third-order valence-corrected chi connectivity index (χ3v) is 4.64. The lowest BCUT2D eigenvalue weighted by molar-refractivity contribution is -0.115. The standard InChI is InChI=1S/C17H18N2O2S/c1-2-16(20)18-13-8-7-12-5-3-9-19(14(12)11-13)17(21)15-6-4-10-22-15/h4,6-8,10-11H,2-3,5,9H2,1H3,(H,18,20). The second-order valence-corrected chi connectivity index (χ2v) is 6.23. The van der Waals surface area contributed by atoms with Gasteiger partial charge in [-0.2, -0.15) is 0 Å². The summed E-state index contributed by atoms with van der Waals surface area (Å²) in [6.45, 7) is 2.54. The molecule has 2 heterocycles. The lowest BCUT2D eigenvalue weighted by Gasteiger charge is -2.29. The number of anilines is 2. The number of carbonyl (C=O) groups excluding carboxylic acids is 2. The van der Waals surface area contributed by atoms with Crippen molar-refractivity contribution in [2.24, 2.45) is 0 Å². The van der Waals surface area contributed by atoms with Crippen LogP contribution in [0.2, 0.25) is 0 Å². The van der Waals surface area contributed by atoms with Crippen LogP contribution in [0.15, 0.2) is 35.7 Å². The van der Waals surface area contributed by atoms with Gasteiger partial charge in [0.1, 0.15) is 0 Å². The maximum atomic E-state index is 12.7. The number of nitrogens with one attached hydrogen (secondary N) is 1. The molecule has 2 aromatic rings. The first-order valence-electron chi connectivity index (χ1n) is 7.47. The average Bonchev–Trinajstić information content (AvgIpc) is 3.08. The molecule has 1 aliphatic heterocycles. The molecule has 0 spiro atoms. The van der Waals surface area contributed by atoms with Crippen LogP contribution in [0.4, 0.5) is 11.4 Å². The van der Waals surface area contributed by atoms with E-state index in [9.17, 15) is 9.59 Å². The lowest BCUT2D eigenvalue weighted by atomic mass is 10.0. The highest BCUT2D eigenvalue weighted by Gasteiger charge is 2.24. The topological polar surface area (TPSA) is 49.4 Å². The largest absolute Gasteiger partial charge is 0.326 e. The van der Waals surface area contributed by atoms with E-state index >= 15 is 0 Å². The van der Waals surface area contributed by atoms with E-state index in [0.29, 0.717) is 6.42 Å². The molecule has 3 rings (SSSR count). The van der Waals surface area contributed by atoms with E-state index in [-0.39, 0.29) is 11.8 Å². The van der Waals surface area contributed by atoms with Gasteiger partial charge in [0, 0.05) is 24.3 Å². The van der Waals surface area contributed by atoms with Crippen LogP contribution in [0, 0.1) is 0 Å². The van der Waals surface area contributed by atoms with Crippen molar-refractivity contribution in [3.63, 3.8) is 0 Å². The molecule has 0 fully saturated rings. The van der Waals surface area contributed by atoms with E-state index < -0.39 is 0 Å². The highest BCUT2D eigenvalue weighted by atomic mass is 32.1. The Kier molecular flexibility index (Phi) is 4.24. The second kappa shape index (κ2) is 6.32. The fourth-order valence-electron chi connectivity index (χ4n) is 2.65. The monoisotopic (exact) mass is 314 g/mol. The van der Waals surface area contributed by atoms with E-state index in [1.54, 1.807) is 0 Å². The molecule has 1 aromatic carbocycles. The van der Waals surface area contributed by atoms with Crippen LogP contribution < -0.4 is 10.2 Å². The van der Waals surface area contributed by atoms with Crippen molar-refractivity contribution in [2.75, 3.05) is 16.8 Å². The number of thiophene rings is 1. The molecule has 0 atom stereocenters. The van der Waals surface area contributed by atoms with Gasteiger partial charge >= 0.3 is 0 Å². The quantitative estimate of drug-likeness (QED) is 0.939. The Hall–Kier alpha value is -2.14. The van der Waals surface area contributed by atoms with Gasteiger partial charge in [-0.1, -0.05) is 19.1 Å². The highest BCUT2D eigenvalue weighted by molar-refractivity contribution is 7.12. The molecule has 4 nitrogen and oxygen atoms in total. The molecular weight excluding hydrogens is 296 g/mol. The van der Waals surface area contributed by atoms with Crippen molar-refractivity contribution in [1.82, 2.24) is 0 Å². The van der Waals surface area contributed by atoms with Gasteiger partial charge in [-0.05, 0) is 42.0 Å². The van der Waals surface area contributed by atoms with Crippen molar-refractivity contribution in [2.45, 2.75) is 26.2 Å². The molecule has 114 valence electrons. The van der Waals surface area contributed by atoms with Gasteiger partial charge in [-0.3, -0.25) is 9.59 Å². The fourth-order valence-corrected chi connectivity index (χ4v) is 3.32. The van der Waals surface area contributed by atoms with Crippen LogP contribution in [-0.4, -0.2) is 18.4 Å². The van der Waals surface area contributed by atoms with Gasteiger partial charge in [0.15, 0.2) is 0 Å². The van der Waals surface area contributed by atoms with Gasteiger partial charge < -0.3 is 10.2 Å². The molecule has 0 unspecified atom stereocenters.